The van der Waals surface area contributed by atoms with Crippen LogP contribution in [0.3, 0.4) is 0 Å². The lowest BCUT2D eigenvalue weighted by Gasteiger charge is -2.43. The van der Waals surface area contributed by atoms with Crippen LogP contribution in [-0.4, -0.2) is 49.0 Å². The van der Waals surface area contributed by atoms with Gasteiger partial charge in [0.25, 0.3) is 0 Å². The second-order valence-corrected chi connectivity index (χ2v) is 12.8. The molecule has 5 unspecified atom stereocenters. The monoisotopic (exact) mass is 556 g/mol. The van der Waals surface area contributed by atoms with Crippen LogP contribution in [0, 0.1) is 0 Å². The van der Waals surface area contributed by atoms with Crippen molar-refractivity contribution >= 4 is 7.67 Å². The van der Waals surface area contributed by atoms with E-state index in [9.17, 15) is 15.3 Å². The van der Waals surface area contributed by atoms with Gasteiger partial charge in [-0.25, -0.2) is 9.34 Å². The van der Waals surface area contributed by atoms with Crippen molar-refractivity contribution in [1.29, 1.82) is 0 Å². The summed E-state index contributed by atoms with van der Waals surface area (Å²) in [4.78, 5) is 0. The van der Waals surface area contributed by atoms with Crippen molar-refractivity contribution in [2.24, 2.45) is 0 Å². The van der Waals surface area contributed by atoms with Crippen LogP contribution in [-0.2, 0) is 35.0 Å². The SMILES string of the molecule is O=P12OC(C(O)C(Cc3ccccc3)N1Cc1ccc(O)cc1)C(Cc1ccccc1)N2Cc1ccc(O)cc1. The van der Waals surface area contributed by atoms with E-state index in [-0.39, 0.29) is 24.1 Å². The first-order valence-electron chi connectivity index (χ1n) is 13.5. The van der Waals surface area contributed by atoms with E-state index in [1.807, 2.05) is 82.1 Å². The molecule has 2 aliphatic rings. The number of aliphatic hydroxyl groups excluding tert-OH is 1. The molecule has 0 aromatic heterocycles. The summed E-state index contributed by atoms with van der Waals surface area (Å²) in [6.45, 7) is 0.616. The number of benzene rings is 4. The quantitative estimate of drug-likeness (QED) is 0.247. The molecule has 5 atom stereocenters. The topological polar surface area (TPSA) is 93.5 Å². The molecule has 0 spiro atoms. The largest absolute Gasteiger partial charge is 0.508 e. The van der Waals surface area contributed by atoms with Crippen LogP contribution in [0.25, 0.3) is 0 Å². The zero-order valence-electron chi connectivity index (χ0n) is 22.0. The average Bonchev–Trinajstić information content (AvgIpc) is 3.22. The van der Waals surface area contributed by atoms with Gasteiger partial charge in [-0.1, -0.05) is 84.9 Å². The van der Waals surface area contributed by atoms with Gasteiger partial charge in [-0.3, -0.25) is 9.09 Å². The molecule has 2 saturated heterocycles. The molecule has 2 bridgehead atoms. The fourth-order valence-electron chi connectivity index (χ4n) is 5.88. The Hall–Kier alpha value is -3.45. The predicted octanol–water partition coefficient (Wildman–Crippen LogP) is 5.51. The van der Waals surface area contributed by atoms with Gasteiger partial charge in [0.15, 0.2) is 0 Å². The molecule has 3 N–H and O–H groups in total. The number of rotatable bonds is 8. The van der Waals surface area contributed by atoms with Crippen LogP contribution in [0.2, 0.25) is 0 Å². The second-order valence-electron chi connectivity index (χ2n) is 10.6. The lowest BCUT2D eigenvalue weighted by molar-refractivity contribution is -0.0378. The summed E-state index contributed by atoms with van der Waals surface area (Å²) >= 11 is 0. The third-order valence-electron chi connectivity index (χ3n) is 7.92. The maximum Gasteiger partial charge on any atom is 0.347 e. The van der Waals surface area contributed by atoms with Crippen molar-refractivity contribution in [2.45, 2.75) is 50.2 Å². The lowest BCUT2D eigenvalue weighted by Crippen LogP contribution is -2.53. The Morgan fingerprint density at radius 2 is 1.02 bits per heavy atom. The number of hydrogen-bond donors (Lipinski definition) is 3. The first-order valence-corrected chi connectivity index (χ1v) is 15.1. The minimum atomic E-state index is -3.64. The van der Waals surface area contributed by atoms with Crippen molar-refractivity contribution in [3.63, 3.8) is 0 Å². The summed E-state index contributed by atoms with van der Waals surface area (Å²) in [5.74, 6) is 0.323. The van der Waals surface area contributed by atoms with Gasteiger partial charge in [-0.05, 0) is 59.4 Å². The smallest absolute Gasteiger partial charge is 0.347 e. The predicted molar refractivity (Wildman–Crippen MR) is 154 cm³/mol. The third-order valence-corrected chi connectivity index (χ3v) is 10.6. The van der Waals surface area contributed by atoms with Gasteiger partial charge in [-0.15, -0.1) is 0 Å². The van der Waals surface area contributed by atoms with Crippen molar-refractivity contribution in [1.82, 2.24) is 9.34 Å². The van der Waals surface area contributed by atoms with E-state index in [1.54, 1.807) is 36.4 Å². The molecule has 2 aliphatic heterocycles. The molecule has 4 aromatic carbocycles. The summed E-state index contributed by atoms with van der Waals surface area (Å²) in [7, 11) is -3.64. The third kappa shape index (κ3) is 5.31. The first kappa shape index (κ1) is 26.8. The Balaban J connectivity index is 1.43. The molecule has 0 saturated carbocycles. The van der Waals surface area contributed by atoms with Crippen molar-refractivity contribution in [3.8, 4) is 11.5 Å². The standard InChI is InChI=1S/C32H33N2O5P/c35-27-15-11-25(12-16-27)21-33-29(19-23-7-3-1-4-8-23)31(37)32-30(20-24-9-5-2-6-10-24)34(40(33,38)39-32)22-26-13-17-28(36)18-14-26/h1-18,29-32,35-37H,19-22H2. The number of aromatic hydroxyl groups is 2. The molecule has 2 fully saturated rings. The first-order chi connectivity index (χ1) is 19.4. The Labute approximate surface area is 234 Å². The van der Waals surface area contributed by atoms with E-state index in [0.29, 0.717) is 19.4 Å². The van der Waals surface area contributed by atoms with E-state index in [2.05, 4.69) is 0 Å². The number of fused-ring (bicyclic) bond motifs is 2. The van der Waals surface area contributed by atoms with E-state index in [4.69, 9.17) is 4.52 Å². The molecule has 40 heavy (non-hydrogen) atoms. The van der Waals surface area contributed by atoms with Crippen LogP contribution in [0.5, 0.6) is 11.5 Å². The zero-order valence-corrected chi connectivity index (χ0v) is 22.9. The fraction of sp³-hybridized carbons (Fsp3) is 0.250. The minimum absolute atomic E-state index is 0.156. The van der Waals surface area contributed by atoms with E-state index < -0.39 is 25.9 Å². The highest BCUT2D eigenvalue weighted by Crippen LogP contribution is 2.67. The van der Waals surface area contributed by atoms with Gasteiger partial charge < -0.3 is 15.3 Å². The highest BCUT2D eigenvalue weighted by atomic mass is 31.2. The highest BCUT2D eigenvalue weighted by molar-refractivity contribution is 7.54. The molecule has 0 amide bonds. The van der Waals surface area contributed by atoms with Gasteiger partial charge in [0, 0.05) is 13.1 Å². The second kappa shape index (κ2) is 11.2. The minimum Gasteiger partial charge on any atom is -0.508 e. The Bertz CT molecular complexity index is 1430. The van der Waals surface area contributed by atoms with Crippen LogP contribution in [0.1, 0.15) is 22.3 Å². The Kier molecular flexibility index (Phi) is 7.49. The number of phenolic OH excluding ortho intramolecular Hbond substituents is 2. The average molecular weight is 557 g/mol. The summed E-state index contributed by atoms with van der Waals surface area (Å²) in [6.07, 6.45) is -0.462. The van der Waals surface area contributed by atoms with Crippen molar-refractivity contribution in [2.75, 3.05) is 0 Å². The van der Waals surface area contributed by atoms with E-state index in [1.165, 1.54) is 0 Å². The van der Waals surface area contributed by atoms with Crippen LogP contribution in [0.15, 0.2) is 109 Å². The van der Waals surface area contributed by atoms with Gasteiger partial charge in [0.1, 0.15) is 17.6 Å². The molecular weight excluding hydrogens is 523 g/mol. The van der Waals surface area contributed by atoms with Crippen LogP contribution in [0.4, 0.5) is 0 Å². The van der Waals surface area contributed by atoms with Crippen LogP contribution < -0.4 is 0 Å². The van der Waals surface area contributed by atoms with Crippen molar-refractivity contribution in [3.05, 3.63) is 131 Å². The summed E-state index contributed by atoms with van der Waals surface area (Å²) < 4.78 is 25.4. The molecule has 2 heterocycles. The number of aliphatic hydroxyl groups is 1. The normalized spacial score (nSPS) is 26.6. The Morgan fingerprint density at radius 1 is 0.600 bits per heavy atom. The molecular formula is C32H33N2O5P. The molecule has 0 radical (unpaired) electrons. The Morgan fingerprint density at radius 3 is 1.50 bits per heavy atom. The molecule has 7 nitrogen and oxygen atoms in total. The van der Waals surface area contributed by atoms with Crippen LogP contribution >= 0.6 is 7.67 Å². The van der Waals surface area contributed by atoms with E-state index in [0.717, 1.165) is 22.3 Å². The maximum atomic E-state index is 15.2. The van der Waals surface area contributed by atoms with Crippen molar-refractivity contribution < 1.29 is 24.4 Å². The maximum absolute atomic E-state index is 15.2. The van der Waals surface area contributed by atoms with Gasteiger partial charge in [0.05, 0.1) is 18.2 Å². The molecule has 6 rings (SSSR count). The zero-order chi connectivity index (χ0) is 27.7. The molecule has 0 aliphatic carbocycles. The number of nitrogens with zero attached hydrogens (tertiary/aromatic N) is 2. The number of hydrogen-bond acceptors (Lipinski definition) is 5. The molecule has 206 valence electrons. The lowest BCUT2D eigenvalue weighted by atomic mass is 9.91. The van der Waals surface area contributed by atoms with Gasteiger partial charge in [-0.2, -0.15) is 0 Å². The van der Waals surface area contributed by atoms with Gasteiger partial charge in [0.2, 0.25) is 0 Å². The highest BCUT2D eigenvalue weighted by Gasteiger charge is 2.62. The molecule has 4 aromatic rings. The number of phenols is 2. The van der Waals surface area contributed by atoms with E-state index >= 15 is 4.57 Å². The summed E-state index contributed by atoms with van der Waals surface area (Å²) in [5.41, 5.74) is 3.86. The summed E-state index contributed by atoms with van der Waals surface area (Å²) in [5, 5.41) is 31.6. The summed E-state index contributed by atoms with van der Waals surface area (Å²) in [6, 6.07) is 32.9. The van der Waals surface area contributed by atoms with Gasteiger partial charge >= 0.3 is 7.67 Å². The fourth-order valence-corrected chi connectivity index (χ4v) is 8.86. The molecule has 8 heteroatoms.